The molecule has 1 aliphatic rings. The van der Waals surface area contributed by atoms with Crippen LogP contribution in [0.15, 0.2) is 199 Å². The van der Waals surface area contributed by atoms with Crippen molar-refractivity contribution in [2.45, 2.75) is 19.3 Å². The van der Waals surface area contributed by atoms with E-state index in [0.717, 1.165) is 61.8 Å². The predicted octanol–water partition coefficient (Wildman–Crippen LogP) is 14.3. The number of hydrogen-bond acceptors (Lipinski definition) is 3. The second kappa shape index (κ2) is 12.7. The number of furan rings is 1. The summed E-state index contributed by atoms with van der Waals surface area (Å²) in [6, 6.07) is 69.4. The van der Waals surface area contributed by atoms with Crippen molar-refractivity contribution in [3.8, 4) is 39.1 Å². The third-order valence-corrected chi connectivity index (χ3v) is 12.3. The molecule has 0 fully saturated rings. The van der Waals surface area contributed by atoms with E-state index >= 15 is 0 Å². The average Bonchev–Trinajstić information content (AvgIpc) is 3.99. The van der Waals surface area contributed by atoms with E-state index in [1.54, 1.807) is 0 Å². The van der Waals surface area contributed by atoms with E-state index in [-0.39, 0.29) is 5.41 Å². The normalized spacial score (nSPS) is 13.1. The summed E-state index contributed by atoms with van der Waals surface area (Å²) in [4.78, 5) is 7.67. The van der Waals surface area contributed by atoms with Crippen LogP contribution in [0, 0.1) is 0 Å². The number of imidazole rings is 2. The lowest BCUT2D eigenvalue weighted by Gasteiger charge is -2.26. The molecule has 0 N–H and O–H groups in total. The van der Waals surface area contributed by atoms with Crippen molar-refractivity contribution in [3.63, 3.8) is 0 Å². The van der Waals surface area contributed by atoms with E-state index in [1.807, 2.05) is 18.2 Å². The summed E-state index contributed by atoms with van der Waals surface area (Å²) in [6.45, 7) is 4.68. The van der Waals surface area contributed by atoms with E-state index in [9.17, 15) is 0 Å². The number of fused-ring (bicyclic) bond motifs is 10. The highest BCUT2D eigenvalue weighted by Crippen LogP contribution is 2.50. The van der Waals surface area contributed by atoms with Gasteiger partial charge < -0.3 is 9.32 Å². The molecule has 0 spiro atoms. The topological polar surface area (TPSA) is 38.6 Å². The first-order chi connectivity index (χ1) is 29.0. The third kappa shape index (κ3) is 5.08. The summed E-state index contributed by atoms with van der Waals surface area (Å²) in [7, 11) is 0. The van der Waals surface area contributed by atoms with Gasteiger partial charge in [-0.25, -0.2) is 9.55 Å². The molecule has 3 aromatic heterocycles. The number of aromatic nitrogens is 3. The van der Waals surface area contributed by atoms with Crippen LogP contribution in [-0.4, -0.2) is 14.0 Å². The van der Waals surface area contributed by atoms with Gasteiger partial charge in [0.25, 0.3) is 0 Å². The first-order valence-electron chi connectivity index (χ1n) is 20.2. The van der Waals surface area contributed by atoms with E-state index in [2.05, 4.69) is 204 Å². The van der Waals surface area contributed by atoms with Crippen LogP contribution in [0.3, 0.4) is 0 Å². The highest BCUT2D eigenvalue weighted by molar-refractivity contribution is 6.06. The van der Waals surface area contributed by atoms with Crippen LogP contribution in [0.1, 0.15) is 25.0 Å². The van der Waals surface area contributed by atoms with Crippen LogP contribution in [0.2, 0.25) is 0 Å². The summed E-state index contributed by atoms with van der Waals surface area (Å²) < 4.78 is 10.9. The van der Waals surface area contributed by atoms with Crippen molar-refractivity contribution in [1.29, 1.82) is 0 Å². The van der Waals surface area contributed by atoms with Crippen molar-refractivity contribution in [1.82, 2.24) is 14.0 Å². The Labute approximate surface area is 341 Å². The quantitative estimate of drug-likeness (QED) is 0.169. The molecule has 3 heterocycles. The summed E-state index contributed by atoms with van der Waals surface area (Å²) >= 11 is 0. The lowest BCUT2D eigenvalue weighted by atomic mass is 9.81. The van der Waals surface area contributed by atoms with Crippen LogP contribution >= 0.6 is 0 Å². The SMILES string of the molecule is CC1(C)c2ccccc2-c2ccc(-c3ccc(N(c4ccc(-c5ccccc5)cc4)c4ccc5c(c4)nc4n(-c6ccccc6)c6oc7ccccc7c6n54)cc3)cc21. The van der Waals surface area contributed by atoms with Gasteiger partial charge in [-0.3, -0.25) is 4.40 Å². The molecule has 12 rings (SSSR count). The van der Waals surface area contributed by atoms with Gasteiger partial charge in [0.2, 0.25) is 11.5 Å². The largest absolute Gasteiger partial charge is 0.437 e. The zero-order valence-corrected chi connectivity index (χ0v) is 32.7. The maximum absolute atomic E-state index is 6.53. The van der Waals surface area contributed by atoms with Crippen LogP contribution in [0.5, 0.6) is 0 Å². The van der Waals surface area contributed by atoms with E-state index in [1.165, 1.54) is 44.5 Å². The van der Waals surface area contributed by atoms with Gasteiger partial charge in [0, 0.05) is 27.9 Å². The molecule has 0 amide bonds. The Kier molecular flexibility index (Phi) is 7.20. The fourth-order valence-electron chi connectivity index (χ4n) is 9.42. The third-order valence-electron chi connectivity index (χ3n) is 12.3. The molecule has 5 heteroatoms. The Hall–Kier alpha value is -7.63. The van der Waals surface area contributed by atoms with Gasteiger partial charge in [-0.15, -0.1) is 0 Å². The Balaban J connectivity index is 0.998. The zero-order valence-electron chi connectivity index (χ0n) is 32.7. The van der Waals surface area contributed by atoms with Crippen molar-refractivity contribution < 1.29 is 4.42 Å². The van der Waals surface area contributed by atoms with Gasteiger partial charge in [0.1, 0.15) is 11.1 Å². The lowest BCUT2D eigenvalue weighted by Crippen LogP contribution is -2.14. The van der Waals surface area contributed by atoms with Gasteiger partial charge in [0.05, 0.1) is 16.7 Å². The van der Waals surface area contributed by atoms with E-state index in [4.69, 9.17) is 9.40 Å². The summed E-state index contributed by atoms with van der Waals surface area (Å²) in [5.41, 5.74) is 18.9. The van der Waals surface area contributed by atoms with E-state index < -0.39 is 0 Å². The molecule has 5 nitrogen and oxygen atoms in total. The summed E-state index contributed by atoms with van der Waals surface area (Å²) in [5, 5.41) is 1.06. The Morgan fingerprint density at radius 1 is 0.508 bits per heavy atom. The summed E-state index contributed by atoms with van der Waals surface area (Å²) in [6.07, 6.45) is 0. The van der Waals surface area contributed by atoms with Crippen LogP contribution in [0.4, 0.5) is 17.1 Å². The smallest absolute Gasteiger partial charge is 0.232 e. The number of hydrogen-bond donors (Lipinski definition) is 0. The minimum Gasteiger partial charge on any atom is -0.437 e. The number of nitrogens with zero attached hydrogens (tertiary/aromatic N) is 4. The lowest BCUT2D eigenvalue weighted by molar-refractivity contribution is 0.645. The molecule has 0 bridgehead atoms. The molecule has 0 atom stereocenters. The second-order valence-electron chi connectivity index (χ2n) is 16.1. The predicted molar refractivity (Wildman–Crippen MR) is 242 cm³/mol. The fraction of sp³-hybridized carbons (Fsp3) is 0.0556. The van der Waals surface area contributed by atoms with Crippen molar-refractivity contribution in [3.05, 3.63) is 205 Å². The maximum atomic E-state index is 6.53. The fourth-order valence-corrected chi connectivity index (χ4v) is 9.42. The first kappa shape index (κ1) is 33.5. The van der Waals surface area contributed by atoms with Crippen molar-refractivity contribution in [2.75, 3.05) is 4.90 Å². The van der Waals surface area contributed by atoms with Gasteiger partial charge in [-0.1, -0.05) is 135 Å². The van der Waals surface area contributed by atoms with Crippen LogP contribution < -0.4 is 4.90 Å². The Morgan fingerprint density at radius 2 is 1.10 bits per heavy atom. The molecule has 0 saturated carbocycles. The maximum Gasteiger partial charge on any atom is 0.232 e. The van der Waals surface area contributed by atoms with Gasteiger partial charge in [-0.05, 0) is 117 Å². The van der Waals surface area contributed by atoms with Gasteiger partial charge in [0.15, 0.2) is 0 Å². The number of para-hydroxylation sites is 2. The standard InChI is InChI=1S/C54H38N4O/c1-54(2)46-19-11-9-17-43(46)44-31-25-38(33-47(44)54)37-23-28-41(29-24-37)56(40-26-21-36(22-27-40)35-13-5-3-6-14-35)42-30-32-49-48(34-42)55-53-57(39-15-7-4-8-16-39)52-51(58(49)53)45-18-10-12-20-50(45)59-52/h3-34H,1-2H3. The van der Waals surface area contributed by atoms with Gasteiger partial charge >= 0.3 is 0 Å². The first-order valence-corrected chi connectivity index (χ1v) is 20.2. The molecule has 0 aliphatic heterocycles. The Morgan fingerprint density at radius 3 is 1.86 bits per heavy atom. The molecular weight excluding hydrogens is 721 g/mol. The van der Waals surface area contributed by atoms with Crippen molar-refractivity contribution in [2.24, 2.45) is 0 Å². The summed E-state index contributed by atoms with van der Waals surface area (Å²) in [5.74, 6) is 0.812. The average molecular weight is 759 g/mol. The monoisotopic (exact) mass is 758 g/mol. The molecule has 0 saturated heterocycles. The van der Waals surface area contributed by atoms with Crippen molar-refractivity contribution >= 4 is 56.1 Å². The highest BCUT2D eigenvalue weighted by atomic mass is 16.3. The number of benzene rings is 8. The minimum atomic E-state index is -0.0546. The molecule has 0 unspecified atom stereocenters. The molecule has 8 aromatic carbocycles. The molecule has 11 aromatic rings. The number of rotatable bonds is 6. The van der Waals surface area contributed by atoms with Crippen LogP contribution in [0.25, 0.3) is 78.1 Å². The number of anilines is 3. The highest BCUT2D eigenvalue weighted by Gasteiger charge is 2.35. The second-order valence-corrected chi connectivity index (χ2v) is 16.1. The molecule has 0 radical (unpaired) electrons. The van der Waals surface area contributed by atoms with Crippen LogP contribution in [-0.2, 0) is 5.41 Å². The molecule has 59 heavy (non-hydrogen) atoms. The van der Waals surface area contributed by atoms with E-state index in [0.29, 0.717) is 0 Å². The molecule has 1 aliphatic carbocycles. The van der Waals surface area contributed by atoms with Gasteiger partial charge in [-0.2, -0.15) is 0 Å². The molecule has 280 valence electrons. The minimum absolute atomic E-state index is 0.0546. The molecular formula is C54H38N4O. The zero-order chi connectivity index (χ0) is 39.2. The Bertz CT molecular complexity index is 3390.